The fourth-order valence-electron chi connectivity index (χ4n) is 4.61. The molecule has 8 heteroatoms. The average molecular weight is 458 g/mol. The number of ether oxygens (including phenoxy) is 1. The van der Waals surface area contributed by atoms with E-state index >= 15 is 0 Å². The Kier molecular flexibility index (Phi) is 4.87. The third kappa shape index (κ3) is 3.44. The minimum Gasteiger partial charge on any atom is -0.496 e. The summed E-state index contributed by atoms with van der Waals surface area (Å²) < 4.78 is 7.47. The predicted molar refractivity (Wildman–Crippen MR) is 121 cm³/mol. The van der Waals surface area contributed by atoms with Crippen molar-refractivity contribution in [2.24, 2.45) is 5.41 Å². The van der Waals surface area contributed by atoms with E-state index in [0.717, 1.165) is 41.7 Å². The van der Waals surface area contributed by atoms with Crippen LogP contribution in [0.25, 0.3) is 22.3 Å². The minimum absolute atomic E-state index is 0.115. The van der Waals surface area contributed by atoms with E-state index < -0.39 is 6.09 Å². The van der Waals surface area contributed by atoms with Crippen molar-refractivity contribution in [1.82, 2.24) is 14.3 Å². The van der Waals surface area contributed by atoms with E-state index in [-0.39, 0.29) is 5.41 Å². The molecule has 0 bridgehead atoms. The van der Waals surface area contributed by atoms with Crippen molar-refractivity contribution < 1.29 is 14.6 Å². The summed E-state index contributed by atoms with van der Waals surface area (Å²) in [6.07, 6.45) is 8.11. The molecular weight excluding hydrogens is 437 g/mol. The molecule has 3 heterocycles. The van der Waals surface area contributed by atoms with Gasteiger partial charge >= 0.3 is 6.09 Å². The quantitative estimate of drug-likeness (QED) is 0.534. The molecule has 1 fully saturated rings. The van der Waals surface area contributed by atoms with E-state index in [9.17, 15) is 4.79 Å². The maximum atomic E-state index is 11.1. The number of fused-ring (bicyclic) bond motifs is 1. The van der Waals surface area contributed by atoms with Crippen LogP contribution >= 0.6 is 23.2 Å². The molecule has 1 amide bonds. The summed E-state index contributed by atoms with van der Waals surface area (Å²) in [5.41, 5.74) is 4.72. The molecule has 0 atom stereocenters. The maximum Gasteiger partial charge on any atom is 0.407 e. The molecule has 0 unspecified atom stereocenters. The van der Waals surface area contributed by atoms with Gasteiger partial charge in [0.05, 0.1) is 22.8 Å². The number of imidazole rings is 1. The Morgan fingerprint density at radius 2 is 1.97 bits per heavy atom. The van der Waals surface area contributed by atoms with Crippen molar-refractivity contribution in [2.45, 2.75) is 19.3 Å². The Labute approximate surface area is 189 Å². The number of aromatic nitrogens is 2. The molecule has 31 heavy (non-hydrogen) atoms. The molecule has 3 aromatic rings. The van der Waals surface area contributed by atoms with Gasteiger partial charge in [0.15, 0.2) is 0 Å². The van der Waals surface area contributed by atoms with Crippen LogP contribution in [0.3, 0.4) is 0 Å². The first kappa shape index (κ1) is 20.2. The molecule has 1 N–H and O–H groups in total. The molecule has 0 radical (unpaired) electrons. The number of hydrogen-bond acceptors (Lipinski definition) is 3. The number of halogens is 2. The first-order valence-electron chi connectivity index (χ1n) is 10.1. The number of allylic oxidation sites excluding steroid dienone is 2. The van der Waals surface area contributed by atoms with Crippen LogP contribution in [-0.2, 0) is 0 Å². The zero-order valence-electron chi connectivity index (χ0n) is 16.9. The number of carbonyl (C=O) groups is 1. The van der Waals surface area contributed by atoms with Gasteiger partial charge in [-0.25, -0.2) is 9.78 Å². The third-order valence-electron chi connectivity index (χ3n) is 6.41. The Hall–Kier alpha value is -2.70. The zero-order chi connectivity index (χ0) is 21.8. The molecule has 1 saturated heterocycles. The van der Waals surface area contributed by atoms with Gasteiger partial charge in [-0.05, 0) is 60.1 Å². The molecule has 1 spiro atoms. The van der Waals surface area contributed by atoms with Crippen molar-refractivity contribution in [1.29, 1.82) is 0 Å². The van der Waals surface area contributed by atoms with Crippen LogP contribution in [0.2, 0.25) is 10.0 Å². The van der Waals surface area contributed by atoms with Crippen LogP contribution in [0.1, 0.15) is 25.0 Å². The van der Waals surface area contributed by atoms with Gasteiger partial charge in [0.25, 0.3) is 0 Å². The third-order valence-corrected chi connectivity index (χ3v) is 7.21. The number of likely N-dealkylation sites (tertiary alicyclic amines) is 1. The fraction of sp³-hybridized carbons (Fsp3) is 0.304. The van der Waals surface area contributed by atoms with E-state index in [2.05, 4.69) is 6.08 Å². The SMILES string of the molecule is COc1ccc(Cl)c(Cl)c1-c1ccn2cc(C3=CC4(CCN(C(=O)O)CC4)C3)nc2c1. The number of nitrogens with zero attached hydrogens (tertiary/aromatic N) is 3. The van der Waals surface area contributed by atoms with Gasteiger partial charge < -0.3 is 19.1 Å². The first-order chi connectivity index (χ1) is 14.9. The van der Waals surface area contributed by atoms with Crippen molar-refractivity contribution >= 4 is 40.5 Å². The number of carboxylic acid groups (broad SMARTS) is 1. The molecule has 160 valence electrons. The fourth-order valence-corrected chi connectivity index (χ4v) is 5.04. The lowest BCUT2D eigenvalue weighted by Crippen LogP contribution is -2.44. The number of hydrogen-bond donors (Lipinski definition) is 1. The molecule has 5 rings (SSSR count). The van der Waals surface area contributed by atoms with Gasteiger partial charge in [-0.1, -0.05) is 29.3 Å². The smallest absolute Gasteiger partial charge is 0.407 e. The monoisotopic (exact) mass is 457 g/mol. The van der Waals surface area contributed by atoms with Crippen LogP contribution < -0.4 is 4.74 Å². The molecule has 2 aromatic heterocycles. The average Bonchev–Trinajstić information content (AvgIpc) is 3.16. The van der Waals surface area contributed by atoms with Crippen molar-refractivity contribution in [2.75, 3.05) is 20.2 Å². The number of benzene rings is 1. The minimum atomic E-state index is -0.828. The lowest BCUT2D eigenvalue weighted by Gasteiger charge is -2.45. The summed E-state index contributed by atoms with van der Waals surface area (Å²) in [4.78, 5) is 17.5. The standard InChI is InChI=1S/C23H21Cl2N3O3/c1-31-18-3-2-16(24)21(25)20(18)14-4-7-28-13-17(26-19(28)10-14)15-11-23(12-15)5-8-27(9-6-23)22(29)30/h2-4,7,10-11,13H,5-6,8-9,12H2,1H3,(H,29,30). The molecule has 2 aliphatic rings. The largest absolute Gasteiger partial charge is 0.496 e. The van der Waals surface area contributed by atoms with Gasteiger partial charge in [-0.2, -0.15) is 0 Å². The van der Waals surface area contributed by atoms with Crippen LogP contribution in [0.5, 0.6) is 5.75 Å². The highest BCUT2D eigenvalue weighted by Gasteiger charge is 2.41. The van der Waals surface area contributed by atoms with Gasteiger partial charge in [-0.15, -0.1) is 0 Å². The molecular formula is C23H21Cl2N3O3. The van der Waals surface area contributed by atoms with Gasteiger partial charge in [0.1, 0.15) is 11.4 Å². The zero-order valence-corrected chi connectivity index (χ0v) is 18.5. The number of pyridine rings is 1. The van der Waals surface area contributed by atoms with Crippen LogP contribution in [0.4, 0.5) is 4.79 Å². The lowest BCUT2D eigenvalue weighted by molar-refractivity contribution is 0.105. The molecule has 1 aliphatic carbocycles. The normalized spacial score (nSPS) is 17.5. The Morgan fingerprint density at radius 3 is 2.65 bits per heavy atom. The van der Waals surface area contributed by atoms with Crippen LogP contribution in [-0.4, -0.2) is 45.7 Å². The van der Waals surface area contributed by atoms with E-state index in [4.69, 9.17) is 38.0 Å². The number of rotatable bonds is 3. The van der Waals surface area contributed by atoms with E-state index in [1.54, 1.807) is 19.2 Å². The number of piperidine rings is 1. The summed E-state index contributed by atoms with van der Waals surface area (Å²) >= 11 is 12.7. The van der Waals surface area contributed by atoms with Crippen molar-refractivity contribution in [3.8, 4) is 16.9 Å². The second kappa shape index (κ2) is 7.46. The van der Waals surface area contributed by atoms with E-state index in [0.29, 0.717) is 28.9 Å². The van der Waals surface area contributed by atoms with Crippen molar-refractivity contribution in [3.05, 3.63) is 58.5 Å². The molecule has 1 aromatic carbocycles. The summed E-state index contributed by atoms with van der Waals surface area (Å²) in [6, 6.07) is 7.47. The topological polar surface area (TPSA) is 67.1 Å². The summed E-state index contributed by atoms with van der Waals surface area (Å²) in [5, 5.41) is 10.1. The number of amides is 1. The maximum absolute atomic E-state index is 11.1. The Bertz CT molecular complexity index is 1230. The summed E-state index contributed by atoms with van der Waals surface area (Å²) in [6.45, 7) is 1.19. The second-order valence-electron chi connectivity index (χ2n) is 8.22. The molecule has 6 nitrogen and oxygen atoms in total. The lowest BCUT2D eigenvalue weighted by atomic mass is 9.64. The summed E-state index contributed by atoms with van der Waals surface area (Å²) in [7, 11) is 1.61. The van der Waals surface area contributed by atoms with E-state index in [1.807, 2.05) is 28.9 Å². The first-order valence-corrected chi connectivity index (χ1v) is 10.9. The number of methoxy groups -OCH3 is 1. The molecule has 1 aliphatic heterocycles. The van der Waals surface area contributed by atoms with Gasteiger partial charge in [0, 0.05) is 31.0 Å². The highest BCUT2D eigenvalue weighted by Crippen LogP contribution is 2.50. The second-order valence-corrected chi connectivity index (χ2v) is 9.01. The Balaban J connectivity index is 1.43. The highest BCUT2D eigenvalue weighted by molar-refractivity contribution is 6.44. The van der Waals surface area contributed by atoms with Crippen LogP contribution in [0, 0.1) is 5.41 Å². The predicted octanol–water partition coefficient (Wildman–Crippen LogP) is 5.86. The summed E-state index contributed by atoms with van der Waals surface area (Å²) in [5.74, 6) is 0.655. The van der Waals surface area contributed by atoms with Gasteiger partial charge in [-0.3, -0.25) is 0 Å². The van der Waals surface area contributed by atoms with Crippen LogP contribution in [0.15, 0.2) is 42.7 Å². The molecule has 0 saturated carbocycles. The van der Waals surface area contributed by atoms with E-state index in [1.165, 1.54) is 10.5 Å². The highest BCUT2D eigenvalue weighted by atomic mass is 35.5. The van der Waals surface area contributed by atoms with Gasteiger partial charge in [0.2, 0.25) is 0 Å². The Morgan fingerprint density at radius 1 is 1.23 bits per heavy atom. The van der Waals surface area contributed by atoms with Crippen molar-refractivity contribution in [3.63, 3.8) is 0 Å².